The lowest BCUT2D eigenvalue weighted by Crippen LogP contribution is -2.12. The van der Waals surface area contributed by atoms with Crippen LogP contribution in [0.1, 0.15) is 18.1 Å². The molecule has 0 heterocycles. The molecule has 0 spiro atoms. The fourth-order valence-electron chi connectivity index (χ4n) is 1.97. The molecule has 2 aromatic carbocycles. The molecular formula is C17H20FNO2. The number of nitrogens with one attached hydrogen (secondary N) is 1. The smallest absolute Gasteiger partial charge is 0.129 e. The molecule has 3 nitrogen and oxygen atoms in total. The summed E-state index contributed by atoms with van der Waals surface area (Å²) in [6.07, 6.45) is 0. The minimum atomic E-state index is -0.252. The van der Waals surface area contributed by atoms with E-state index in [1.54, 1.807) is 19.2 Å². The van der Waals surface area contributed by atoms with Crippen LogP contribution in [-0.2, 0) is 13.2 Å². The summed E-state index contributed by atoms with van der Waals surface area (Å²) in [7, 11) is 1.60. The SMILES string of the molecule is CCNCc1ccc(F)c(COc2cccc(OC)c2)c1. The average molecular weight is 289 g/mol. The van der Waals surface area contributed by atoms with Gasteiger partial charge in [0, 0.05) is 18.2 Å². The van der Waals surface area contributed by atoms with Crippen LogP contribution in [0.25, 0.3) is 0 Å². The quantitative estimate of drug-likeness (QED) is 0.846. The molecule has 0 bridgehead atoms. The molecule has 21 heavy (non-hydrogen) atoms. The number of methoxy groups -OCH3 is 1. The van der Waals surface area contributed by atoms with E-state index in [0.717, 1.165) is 18.7 Å². The Morgan fingerprint density at radius 2 is 1.90 bits per heavy atom. The topological polar surface area (TPSA) is 30.5 Å². The van der Waals surface area contributed by atoms with Crippen molar-refractivity contribution in [2.45, 2.75) is 20.1 Å². The van der Waals surface area contributed by atoms with Crippen molar-refractivity contribution in [2.75, 3.05) is 13.7 Å². The van der Waals surface area contributed by atoms with Gasteiger partial charge in [-0.3, -0.25) is 0 Å². The number of rotatable bonds is 7. The van der Waals surface area contributed by atoms with E-state index in [1.807, 2.05) is 31.2 Å². The largest absolute Gasteiger partial charge is 0.497 e. The number of benzene rings is 2. The van der Waals surface area contributed by atoms with Crippen LogP contribution >= 0.6 is 0 Å². The number of hydrogen-bond acceptors (Lipinski definition) is 3. The van der Waals surface area contributed by atoms with Crippen LogP contribution in [0.2, 0.25) is 0 Å². The van der Waals surface area contributed by atoms with Crippen molar-refractivity contribution in [1.82, 2.24) is 5.32 Å². The second-order valence-electron chi connectivity index (χ2n) is 4.67. The highest BCUT2D eigenvalue weighted by Crippen LogP contribution is 2.21. The lowest BCUT2D eigenvalue weighted by molar-refractivity contribution is 0.297. The molecule has 0 aromatic heterocycles. The minimum absolute atomic E-state index is 0.193. The average Bonchev–Trinajstić information content (AvgIpc) is 2.53. The molecule has 0 unspecified atom stereocenters. The first-order chi connectivity index (χ1) is 10.2. The van der Waals surface area contributed by atoms with Gasteiger partial charge in [0.15, 0.2) is 0 Å². The van der Waals surface area contributed by atoms with Gasteiger partial charge in [-0.15, -0.1) is 0 Å². The van der Waals surface area contributed by atoms with Gasteiger partial charge in [-0.25, -0.2) is 4.39 Å². The van der Waals surface area contributed by atoms with Crippen LogP contribution in [-0.4, -0.2) is 13.7 Å². The first-order valence-corrected chi connectivity index (χ1v) is 6.97. The number of halogens is 1. The molecule has 0 amide bonds. The summed E-state index contributed by atoms with van der Waals surface area (Å²) in [6, 6.07) is 12.4. The predicted molar refractivity (Wildman–Crippen MR) is 81.1 cm³/mol. The number of ether oxygens (including phenoxy) is 2. The molecule has 0 radical (unpaired) electrons. The van der Waals surface area contributed by atoms with Crippen LogP contribution in [0.5, 0.6) is 11.5 Å². The van der Waals surface area contributed by atoms with Gasteiger partial charge in [0.05, 0.1) is 7.11 Å². The van der Waals surface area contributed by atoms with Crippen LogP contribution in [0, 0.1) is 5.82 Å². The Morgan fingerprint density at radius 3 is 2.67 bits per heavy atom. The standard InChI is InChI=1S/C17H20FNO2/c1-3-19-11-13-7-8-17(18)14(9-13)12-21-16-6-4-5-15(10-16)20-2/h4-10,19H,3,11-12H2,1-2H3. The van der Waals surface area contributed by atoms with Crippen molar-refractivity contribution in [2.24, 2.45) is 0 Å². The summed E-state index contributed by atoms with van der Waals surface area (Å²) in [5.74, 6) is 1.12. The molecule has 0 aliphatic heterocycles. The highest BCUT2D eigenvalue weighted by Gasteiger charge is 2.05. The fourth-order valence-corrected chi connectivity index (χ4v) is 1.97. The second-order valence-corrected chi connectivity index (χ2v) is 4.67. The molecule has 0 aliphatic rings. The fraction of sp³-hybridized carbons (Fsp3) is 0.294. The highest BCUT2D eigenvalue weighted by molar-refractivity contribution is 5.33. The Hall–Kier alpha value is -2.07. The van der Waals surface area contributed by atoms with Crippen molar-refractivity contribution in [3.8, 4) is 11.5 Å². The summed E-state index contributed by atoms with van der Waals surface area (Å²) in [4.78, 5) is 0. The van der Waals surface area contributed by atoms with Crippen LogP contribution in [0.4, 0.5) is 4.39 Å². The predicted octanol–water partition coefficient (Wildman–Crippen LogP) is 3.52. The van der Waals surface area contributed by atoms with Gasteiger partial charge in [0.2, 0.25) is 0 Å². The molecule has 2 rings (SSSR count). The van der Waals surface area contributed by atoms with E-state index >= 15 is 0 Å². The van der Waals surface area contributed by atoms with E-state index in [4.69, 9.17) is 9.47 Å². The molecule has 0 saturated carbocycles. The zero-order valence-electron chi connectivity index (χ0n) is 12.4. The normalized spacial score (nSPS) is 10.4. The Bertz CT molecular complexity index is 587. The molecule has 0 saturated heterocycles. The molecular weight excluding hydrogens is 269 g/mol. The lowest BCUT2D eigenvalue weighted by Gasteiger charge is -2.10. The molecule has 0 fully saturated rings. The van der Waals surface area contributed by atoms with E-state index in [9.17, 15) is 4.39 Å². The van der Waals surface area contributed by atoms with Crippen molar-refractivity contribution in [3.05, 3.63) is 59.4 Å². The summed E-state index contributed by atoms with van der Waals surface area (Å²) in [5.41, 5.74) is 1.59. The van der Waals surface area contributed by atoms with Crippen molar-refractivity contribution in [1.29, 1.82) is 0 Å². The Morgan fingerprint density at radius 1 is 1.10 bits per heavy atom. The third kappa shape index (κ3) is 4.46. The number of hydrogen-bond donors (Lipinski definition) is 1. The van der Waals surface area contributed by atoms with Gasteiger partial charge in [-0.2, -0.15) is 0 Å². The molecule has 2 aromatic rings. The first kappa shape index (κ1) is 15.3. The Kier molecular flexibility index (Phi) is 5.58. The summed E-state index contributed by atoms with van der Waals surface area (Å²) in [6.45, 7) is 3.84. The second kappa shape index (κ2) is 7.64. The summed E-state index contributed by atoms with van der Waals surface area (Å²) >= 11 is 0. The minimum Gasteiger partial charge on any atom is -0.497 e. The van der Waals surface area contributed by atoms with E-state index < -0.39 is 0 Å². The van der Waals surface area contributed by atoms with Gasteiger partial charge >= 0.3 is 0 Å². The van der Waals surface area contributed by atoms with E-state index in [2.05, 4.69) is 5.32 Å². The summed E-state index contributed by atoms with van der Waals surface area (Å²) < 4.78 is 24.6. The van der Waals surface area contributed by atoms with Crippen molar-refractivity contribution < 1.29 is 13.9 Å². The maximum atomic E-state index is 13.8. The lowest BCUT2D eigenvalue weighted by atomic mass is 10.1. The van der Waals surface area contributed by atoms with Crippen molar-refractivity contribution >= 4 is 0 Å². The third-order valence-corrected chi connectivity index (χ3v) is 3.12. The Balaban J connectivity index is 2.04. The highest BCUT2D eigenvalue weighted by atomic mass is 19.1. The van der Waals surface area contributed by atoms with E-state index in [1.165, 1.54) is 6.07 Å². The molecule has 112 valence electrons. The van der Waals surface area contributed by atoms with E-state index in [-0.39, 0.29) is 12.4 Å². The van der Waals surface area contributed by atoms with Gasteiger partial charge in [0.25, 0.3) is 0 Å². The molecule has 1 N–H and O–H groups in total. The van der Waals surface area contributed by atoms with Gasteiger partial charge in [0.1, 0.15) is 23.9 Å². The molecule has 4 heteroatoms. The maximum absolute atomic E-state index is 13.8. The molecule has 0 aliphatic carbocycles. The zero-order chi connectivity index (χ0) is 15.1. The van der Waals surface area contributed by atoms with E-state index in [0.29, 0.717) is 17.1 Å². The van der Waals surface area contributed by atoms with Crippen molar-refractivity contribution in [3.63, 3.8) is 0 Å². The molecule has 0 atom stereocenters. The monoisotopic (exact) mass is 289 g/mol. The van der Waals surface area contributed by atoms with Crippen LogP contribution in [0.3, 0.4) is 0 Å². The third-order valence-electron chi connectivity index (χ3n) is 3.12. The van der Waals surface area contributed by atoms with Gasteiger partial charge in [-0.1, -0.05) is 19.1 Å². The van der Waals surface area contributed by atoms with Crippen LogP contribution in [0.15, 0.2) is 42.5 Å². The summed E-state index contributed by atoms with van der Waals surface area (Å²) in [5, 5.41) is 3.22. The zero-order valence-corrected chi connectivity index (χ0v) is 12.4. The first-order valence-electron chi connectivity index (χ1n) is 6.97. The van der Waals surface area contributed by atoms with Gasteiger partial charge < -0.3 is 14.8 Å². The maximum Gasteiger partial charge on any atom is 0.129 e. The van der Waals surface area contributed by atoms with Crippen LogP contribution < -0.4 is 14.8 Å². The Labute approximate surface area is 124 Å². The van der Waals surface area contributed by atoms with Gasteiger partial charge in [-0.05, 0) is 36.4 Å².